The van der Waals surface area contributed by atoms with Crippen molar-refractivity contribution < 1.29 is 4.79 Å². The lowest BCUT2D eigenvalue weighted by Gasteiger charge is -2.16. The number of hydrogen-bond donors (Lipinski definition) is 0. The Morgan fingerprint density at radius 3 is 2.54 bits per heavy atom. The first kappa shape index (κ1) is 9.52. The van der Waals surface area contributed by atoms with Crippen LogP contribution in [0.25, 0.3) is 0 Å². The highest BCUT2D eigenvalue weighted by atomic mass is 16.1. The Kier molecular flexibility index (Phi) is 3.26. The van der Waals surface area contributed by atoms with Crippen LogP contribution < -0.4 is 0 Å². The normalized spacial score (nSPS) is 9.31. The molecule has 0 aliphatic rings. The Morgan fingerprint density at radius 2 is 2.08 bits per heavy atom. The van der Waals surface area contributed by atoms with Crippen molar-refractivity contribution in [3.05, 3.63) is 48.2 Å². The number of nitrogens with zero attached hydrogens (tertiary/aromatic N) is 1. The molecule has 0 atom stereocenters. The molecule has 0 aromatic heterocycles. The molecule has 2 nitrogen and oxygen atoms in total. The van der Waals surface area contributed by atoms with Gasteiger partial charge in [-0.2, -0.15) is 0 Å². The highest BCUT2D eigenvalue weighted by Gasteiger charge is 2.01. The van der Waals surface area contributed by atoms with Crippen molar-refractivity contribution in [1.29, 1.82) is 0 Å². The topological polar surface area (TPSA) is 20.3 Å². The average Bonchev–Trinajstić information content (AvgIpc) is 2.15. The molecule has 13 heavy (non-hydrogen) atoms. The monoisotopic (exact) mass is 175 g/mol. The Hall–Kier alpha value is -1.57. The second kappa shape index (κ2) is 4.45. The zero-order valence-corrected chi connectivity index (χ0v) is 7.73. The summed E-state index contributed by atoms with van der Waals surface area (Å²) in [5, 5.41) is 0. The molecule has 0 bridgehead atoms. The Balaban J connectivity index is 2.67. The van der Waals surface area contributed by atoms with Gasteiger partial charge >= 0.3 is 0 Å². The number of benzene rings is 1. The van der Waals surface area contributed by atoms with E-state index in [4.69, 9.17) is 0 Å². The van der Waals surface area contributed by atoms with E-state index in [-0.39, 0.29) is 0 Å². The summed E-state index contributed by atoms with van der Waals surface area (Å²) in [5.74, 6) is 0. The first-order valence-corrected chi connectivity index (χ1v) is 4.15. The third-order valence-corrected chi connectivity index (χ3v) is 1.81. The smallest absolute Gasteiger partial charge is 0.214 e. The van der Waals surface area contributed by atoms with Crippen LogP contribution in [0.2, 0.25) is 0 Å². The molecule has 2 heteroatoms. The van der Waals surface area contributed by atoms with E-state index in [0.717, 1.165) is 17.7 Å². The molecular formula is C11H13NO. The van der Waals surface area contributed by atoms with Crippen molar-refractivity contribution in [3.63, 3.8) is 0 Å². The minimum atomic E-state index is 0.597. The largest absolute Gasteiger partial charge is 0.315 e. The highest BCUT2D eigenvalue weighted by Crippen LogP contribution is 2.06. The van der Waals surface area contributed by atoms with E-state index < -0.39 is 0 Å². The van der Waals surface area contributed by atoms with Crippen molar-refractivity contribution in [1.82, 2.24) is 4.90 Å². The van der Waals surface area contributed by atoms with Crippen LogP contribution in [0.4, 0.5) is 0 Å². The number of amides is 1. The quantitative estimate of drug-likeness (QED) is 0.642. The molecule has 0 spiro atoms. The van der Waals surface area contributed by atoms with E-state index in [0.29, 0.717) is 6.54 Å². The van der Waals surface area contributed by atoms with Gasteiger partial charge in [0.1, 0.15) is 0 Å². The van der Waals surface area contributed by atoms with Gasteiger partial charge in [-0.1, -0.05) is 36.9 Å². The summed E-state index contributed by atoms with van der Waals surface area (Å²) in [7, 11) is 0. The first-order chi connectivity index (χ1) is 6.24. The second-order valence-electron chi connectivity index (χ2n) is 2.95. The maximum absolute atomic E-state index is 10.6. The zero-order chi connectivity index (χ0) is 9.68. The third-order valence-electron chi connectivity index (χ3n) is 1.81. The molecule has 0 heterocycles. The SMILES string of the molecule is C=C(C)N(C=O)Cc1ccccc1. The molecule has 0 unspecified atom stereocenters. The van der Waals surface area contributed by atoms with Crippen molar-refractivity contribution in [2.45, 2.75) is 13.5 Å². The van der Waals surface area contributed by atoms with Gasteiger partial charge in [-0.3, -0.25) is 4.79 Å². The lowest BCUT2D eigenvalue weighted by atomic mass is 10.2. The first-order valence-electron chi connectivity index (χ1n) is 4.15. The fourth-order valence-electron chi connectivity index (χ4n) is 1.04. The second-order valence-corrected chi connectivity index (χ2v) is 2.95. The van der Waals surface area contributed by atoms with E-state index in [1.165, 1.54) is 0 Å². The van der Waals surface area contributed by atoms with Crippen LogP contribution in [0.15, 0.2) is 42.6 Å². The summed E-state index contributed by atoms with van der Waals surface area (Å²) in [4.78, 5) is 12.2. The lowest BCUT2D eigenvalue weighted by molar-refractivity contribution is -0.116. The number of hydrogen-bond acceptors (Lipinski definition) is 1. The fraction of sp³-hybridized carbons (Fsp3) is 0.182. The van der Waals surface area contributed by atoms with Crippen molar-refractivity contribution in [2.75, 3.05) is 0 Å². The van der Waals surface area contributed by atoms with Gasteiger partial charge in [-0.25, -0.2) is 0 Å². The minimum Gasteiger partial charge on any atom is -0.315 e. The van der Waals surface area contributed by atoms with Crippen molar-refractivity contribution >= 4 is 6.41 Å². The Bertz CT molecular complexity index is 292. The van der Waals surface area contributed by atoms with Gasteiger partial charge in [0.25, 0.3) is 0 Å². The predicted molar refractivity (Wildman–Crippen MR) is 52.9 cm³/mol. The molecule has 0 aliphatic carbocycles. The molecule has 68 valence electrons. The molecule has 1 amide bonds. The number of carbonyl (C=O) groups is 1. The van der Waals surface area contributed by atoms with Crippen LogP contribution in [0, 0.1) is 0 Å². The summed E-state index contributed by atoms with van der Waals surface area (Å²) < 4.78 is 0. The van der Waals surface area contributed by atoms with Gasteiger partial charge in [-0.05, 0) is 12.5 Å². The number of allylic oxidation sites excluding steroid dienone is 1. The van der Waals surface area contributed by atoms with Crippen LogP contribution in [0.1, 0.15) is 12.5 Å². The Morgan fingerprint density at radius 1 is 1.46 bits per heavy atom. The molecule has 0 radical (unpaired) electrons. The van der Waals surface area contributed by atoms with E-state index in [1.54, 1.807) is 4.90 Å². The summed E-state index contributed by atoms with van der Waals surface area (Å²) in [6, 6.07) is 9.84. The molecule has 1 aromatic rings. The lowest BCUT2D eigenvalue weighted by Crippen LogP contribution is -2.18. The van der Waals surface area contributed by atoms with Gasteiger partial charge in [0.2, 0.25) is 6.41 Å². The third kappa shape index (κ3) is 2.75. The van der Waals surface area contributed by atoms with E-state index in [1.807, 2.05) is 37.3 Å². The van der Waals surface area contributed by atoms with Crippen molar-refractivity contribution in [2.24, 2.45) is 0 Å². The fourth-order valence-corrected chi connectivity index (χ4v) is 1.04. The standard InChI is InChI=1S/C11H13NO/c1-10(2)12(9-13)8-11-6-4-3-5-7-11/h3-7,9H,1,8H2,2H3. The summed E-state index contributed by atoms with van der Waals surface area (Å²) >= 11 is 0. The van der Waals surface area contributed by atoms with Gasteiger partial charge in [0, 0.05) is 5.70 Å². The maximum Gasteiger partial charge on any atom is 0.214 e. The molecule has 1 aromatic carbocycles. The van der Waals surface area contributed by atoms with Crippen LogP contribution in [0.5, 0.6) is 0 Å². The van der Waals surface area contributed by atoms with Crippen molar-refractivity contribution in [3.8, 4) is 0 Å². The molecule has 0 fully saturated rings. The van der Waals surface area contributed by atoms with E-state index in [9.17, 15) is 4.79 Å². The van der Waals surface area contributed by atoms with Crippen LogP contribution >= 0.6 is 0 Å². The summed E-state index contributed by atoms with van der Waals surface area (Å²) in [6.45, 7) is 6.13. The van der Waals surface area contributed by atoms with Gasteiger partial charge in [-0.15, -0.1) is 0 Å². The Labute approximate surface area is 78.5 Å². The molecule has 0 saturated heterocycles. The van der Waals surface area contributed by atoms with Gasteiger partial charge < -0.3 is 4.90 Å². The molecule has 0 aliphatic heterocycles. The summed E-state index contributed by atoms with van der Waals surface area (Å²) in [5.41, 5.74) is 1.87. The number of carbonyl (C=O) groups excluding carboxylic acids is 1. The average molecular weight is 175 g/mol. The van der Waals surface area contributed by atoms with Crippen LogP contribution in [-0.2, 0) is 11.3 Å². The summed E-state index contributed by atoms with van der Waals surface area (Å²) in [6.07, 6.45) is 0.801. The molecular weight excluding hydrogens is 162 g/mol. The predicted octanol–water partition coefficient (Wildman–Crippen LogP) is 2.18. The maximum atomic E-state index is 10.6. The minimum absolute atomic E-state index is 0.597. The number of rotatable bonds is 4. The molecule has 0 N–H and O–H groups in total. The zero-order valence-electron chi connectivity index (χ0n) is 7.73. The van der Waals surface area contributed by atoms with Gasteiger partial charge in [0.15, 0.2) is 0 Å². The molecule has 1 rings (SSSR count). The van der Waals surface area contributed by atoms with Gasteiger partial charge in [0.05, 0.1) is 6.54 Å². The van der Waals surface area contributed by atoms with E-state index >= 15 is 0 Å². The molecule has 0 saturated carbocycles. The van der Waals surface area contributed by atoms with E-state index in [2.05, 4.69) is 6.58 Å². The van der Waals surface area contributed by atoms with Crippen LogP contribution in [0.3, 0.4) is 0 Å². The van der Waals surface area contributed by atoms with Crippen LogP contribution in [-0.4, -0.2) is 11.3 Å². The highest BCUT2D eigenvalue weighted by molar-refractivity contribution is 5.50.